The maximum Gasteiger partial charge on any atom is 0.418 e. The van der Waals surface area contributed by atoms with Crippen molar-refractivity contribution in [2.24, 2.45) is 0 Å². The number of benzene rings is 2. The first-order valence-corrected chi connectivity index (χ1v) is 8.44. The van der Waals surface area contributed by atoms with Gasteiger partial charge in [0.15, 0.2) is 6.61 Å². The van der Waals surface area contributed by atoms with Crippen LogP contribution in [0.4, 0.5) is 18.9 Å². The van der Waals surface area contributed by atoms with Crippen LogP contribution in [0.3, 0.4) is 0 Å². The lowest BCUT2D eigenvalue weighted by atomic mass is 10.1. The lowest BCUT2D eigenvalue weighted by molar-refractivity contribution is -0.146. The van der Waals surface area contributed by atoms with Gasteiger partial charge in [-0.25, -0.2) is 4.98 Å². The molecule has 1 N–H and O–H groups in total. The summed E-state index contributed by atoms with van der Waals surface area (Å²) in [7, 11) is 0. The lowest BCUT2D eigenvalue weighted by Gasteiger charge is -2.13. The second kappa shape index (κ2) is 8.59. The van der Waals surface area contributed by atoms with E-state index < -0.39 is 35.9 Å². The molecule has 3 aromatic rings. The largest absolute Gasteiger partial charge is 0.455 e. The van der Waals surface area contributed by atoms with Gasteiger partial charge in [0.05, 0.1) is 23.4 Å². The molecule has 0 aliphatic carbocycles. The van der Waals surface area contributed by atoms with E-state index in [0.717, 1.165) is 17.7 Å². The second-order valence-electron chi connectivity index (χ2n) is 5.94. The summed E-state index contributed by atoms with van der Waals surface area (Å²) in [5, 5.41) is 2.09. The maximum atomic E-state index is 12.9. The summed E-state index contributed by atoms with van der Waals surface area (Å²) in [6.07, 6.45) is -3.57. The highest BCUT2D eigenvalue weighted by Crippen LogP contribution is 2.34. The molecule has 2 aromatic carbocycles. The smallest absolute Gasteiger partial charge is 0.418 e. The van der Waals surface area contributed by atoms with Crippen molar-refractivity contribution in [2.75, 3.05) is 11.9 Å². The summed E-state index contributed by atoms with van der Waals surface area (Å²) in [5.41, 5.74) is -0.368. The van der Waals surface area contributed by atoms with Gasteiger partial charge in [-0.05, 0) is 24.3 Å². The molecule has 0 saturated carbocycles. The summed E-state index contributed by atoms with van der Waals surface area (Å²) in [6, 6.07) is 13.6. The fourth-order valence-corrected chi connectivity index (χ4v) is 2.47. The zero-order valence-corrected chi connectivity index (χ0v) is 14.9. The number of esters is 1. The molecule has 1 amide bonds. The van der Waals surface area contributed by atoms with Crippen LogP contribution in [0.25, 0.3) is 11.5 Å². The number of nitrogens with one attached hydrogen (secondary N) is 1. The first-order valence-electron chi connectivity index (χ1n) is 8.44. The van der Waals surface area contributed by atoms with E-state index in [1.54, 1.807) is 12.1 Å². The van der Waals surface area contributed by atoms with Crippen molar-refractivity contribution in [1.29, 1.82) is 0 Å². The van der Waals surface area contributed by atoms with Gasteiger partial charge in [0, 0.05) is 5.56 Å². The van der Waals surface area contributed by atoms with Gasteiger partial charge in [0.25, 0.3) is 5.91 Å². The third kappa shape index (κ3) is 5.44. The molecule has 6 nitrogen and oxygen atoms in total. The Hall–Kier alpha value is -3.62. The number of amides is 1. The molecule has 9 heteroatoms. The van der Waals surface area contributed by atoms with Crippen LogP contribution < -0.4 is 5.32 Å². The predicted molar refractivity (Wildman–Crippen MR) is 96.7 cm³/mol. The van der Waals surface area contributed by atoms with E-state index in [2.05, 4.69) is 10.3 Å². The summed E-state index contributed by atoms with van der Waals surface area (Å²) < 4.78 is 48.9. The molecule has 0 aliphatic heterocycles. The Labute approximate surface area is 163 Å². The van der Waals surface area contributed by atoms with Crippen LogP contribution in [0.1, 0.15) is 11.3 Å². The van der Waals surface area contributed by atoms with E-state index in [0.29, 0.717) is 11.6 Å². The topological polar surface area (TPSA) is 81.4 Å². The van der Waals surface area contributed by atoms with E-state index in [1.165, 1.54) is 18.4 Å². The number of carbonyl (C=O) groups is 2. The van der Waals surface area contributed by atoms with Crippen molar-refractivity contribution in [3.63, 3.8) is 0 Å². The van der Waals surface area contributed by atoms with Gasteiger partial charge in [0.2, 0.25) is 5.89 Å². The lowest BCUT2D eigenvalue weighted by Crippen LogP contribution is -2.23. The van der Waals surface area contributed by atoms with E-state index in [1.807, 2.05) is 18.2 Å². The van der Waals surface area contributed by atoms with Crippen LogP contribution in [0, 0.1) is 0 Å². The standard InChI is InChI=1S/C20H15F3N2O4/c21-20(22,23)15-8-4-5-9-16(15)25-17(26)12-28-18(27)10-14-11-29-19(24-14)13-6-2-1-3-7-13/h1-9,11H,10,12H2,(H,25,26). The first-order chi connectivity index (χ1) is 13.8. The van der Waals surface area contributed by atoms with E-state index in [4.69, 9.17) is 9.15 Å². The van der Waals surface area contributed by atoms with Crippen LogP contribution in [0.15, 0.2) is 65.3 Å². The highest BCUT2D eigenvalue weighted by atomic mass is 19.4. The molecule has 0 aliphatic rings. The summed E-state index contributed by atoms with van der Waals surface area (Å²) in [6.45, 7) is -0.728. The van der Waals surface area contributed by atoms with Crippen LogP contribution in [-0.2, 0) is 26.9 Å². The molecule has 29 heavy (non-hydrogen) atoms. The molecular formula is C20H15F3N2O4. The molecule has 1 heterocycles. The van der Waals surface area contributed by atoms with E-state index in [-0.39, 0.29) is 6.42 Å². The number of hydrogen-bond acceptors (Lipinski definition) is 5. The summed E-state index contributed by atoms with van der Waals surface area (Å²) in [5.74, 6) is -1.33. The molecule has 0 saturated heterocycles. The number of hydrogen-bond donors (Lipinski definition) is 1. The monoisotopic (exact) mass is 404 g/mol. The molecule has 3 rings (SSSR count). The van der Waals surface area contributed by atoms with Gasteiger partial charge in [-0.3, -0.25) is 9.59 Å². The number of para-hydroxylation sites is 1. The average Bonchev–Trinajstić information content (AvgIpc) is 3.15. The number of ether oxygens (including phenoxy) is 1. The Morgan fingerprint density at radius 1 is 1.03 bits per heavy atom. The maximum absolute atomic E-state index is 12.9. The minimum atomic E-state index is -4.62. The van der Waals surface area contributed by atoms with Crippen LogP contribution in [-0.4, -0.2) is 23.5 Å². The van der Waals surface area contributed by atoms with E-state index in [9.17, 15) is 22.8 Å². The Bertz CT molecular complexity index is 1000. The molecule has 0 spiro atoms. The van der Waals surface area contributed by atoms with Crippen molar-refractivity contribution >= 4 is 17.6 Å². The van der Waals surface area contributed by atoms with Gasteiger partial charge < -0.3 is 14.5 Å². The third-order valence-electron chi connectivity index (χ3n) is 3.77. The number of alkyl halides is 3. The number of halogens is 3. The number of aromatic nitrogens is 1. The quantitative estimate of drug-likeness (QED) is 0.626. The molecular weight excluding hydrogens is 389 g/mol. The van der Waals surface area contributed by atoms with Crippen molar-refractivity contribution in [3.05, 3.63) is 72.1 Å². The number of carbonyl (C=O) groups excluding carboxylic acids is 2. The van der Waals surface area contributed by atoms with Crippen molar-refractivity contribution < 1.29 is 31.9 Å². The SMILES string of the molecule is O=C(COC(=O)Cc1coc(-c2ccccc2)n1)Nc1ccccc1C(F)(F)F. The average molecular weight is 404 g/mol. The molecule has 0 unspecified atom stereocenters. The Morgan fingerprint density at radius 2 is 1.72 bits per heavy atom. The van der Waals surface area contributed by atoms with Gasteiger partial charge in [-0.2, -0.15) is 13.2 Å². The van der Waals surface area contributed by atoms with Crippen LogP contribution in [0.2, 0.25) is 0 Å². The number of rotatable bonds is 6. The van der Waals surface area contributed by atoms with Gasteiger partial charge in [-0.15, -0.1) is 0 Å². The van der Waals surface area contributed by atoms with Gasteiger partial charge >= 0.3 is 12.1 Å². The fraction of sp³-hybridized carbons (Fsp3) is 0.150. The van der Waals surface area contributed by atoms with E-state index >= 15 is 0 Å². The van der Waals surface area contributed by atoms with Crippen molar-refractivity contribution in [1.82, 2.24) is 4.98 Å². The Kier molecular flexibility index (Phi) is 5.96. The van der Waals surface area contributed by atoms with Crippen LogP contribution in [0.5, 0.6) is 0 Å². The van der Waals surface area contributed by atoms with Gasteiger partial charge in [-0.1, -0.05) is 30.3 Å². The number of nitrogens with zero attached hydrogens (tertiary/aromatic N) is 1. The molecule has 0 atom stereocenters. The summed E-state index contributed by atoms with van der Waals surface area (Å²) >= 11 is 0. The minimum absolute atomic E-state index is 0.247. The zero-order chi connectivity index (χ0) is 20.9. The van der Waals surface area contributed by atoms with Gasteiger partial charge in [0.1, 0.15) is 6.26 Å². The second-order valence-corrected chi connectivity index (χ2v) is 5.94. The predicted octanol–water partition coefficient (Wildman–Crippen LogP) is 4.08. The molecule has 0 bridgehead atoms. The molecule has 0 fully saturated rings. The minimum Gasteiger partial charge on any atom is -0.455 e. The molecule has 0 radical (unpaired) electrons. The highest BCUT2D eigenvalue weighted by Gasteiger charge is 2.33. The number of anilines is 1. The fourth-order valence-electron chi connectivity index (χ4n) is 2.47. The Morgan fingerprint density at radius 3 is 2.45 bits per heavy atom. The Balaban J connectivity index is 1.53. The van der Waals surface area contributed by atoms with Crippen molar-refractivity contribution in [3.8, 4) is 11.5 Å². The first kappa shape index (κ1) is 20.1. The number of oxazole rings is 1. The highest BCUT2D eigenvalue weighted by molar-refractivity contribution is 5.93. The normalized spacial score (nSPS) is 11.1. The van der Waals surface area contributed by atoms with Crippen LogP contribution >= 0.6 is 0 Å². The van der Waals surface area contributed by atoms with Crippen molar-refractivity contribution in [2.45, 2.75) is 12.6 Å². The molecule has 1 aromatic heterocycles. The third-order valence-corrected chi connectivity index (χ3v) is 3.77. The molecule has 150 valence electrons. The zero-order valence-electron chi connectivity index (χ0n) is 14.9. The summed E-state index contributed by atoms with van der Waals surface area (Å²) in [4.78, 5) is 27.9.